The third-order valence-corrected chi connectivity index (χ3v) is 6.99. The standard InChI is InChI=1S/C26H18N4O2P2.2C2H5NO2.2V/c31-15-33-25-27-13-23(29-25)21-9-5-19(6-10-21)17-1-2-18(4-3-17)20-7-11-22(12-8-20)24-14-28-26(30-24)34-16-32;2*1-5-2(3)4;;/h1-14,33-34H,(H,27,29)(H,28,30);2*1H3,(H2,3,4);;/q-2;;;2*+2/p-2. The molecule has 2 radical (unpaired) electrons. The van der Waals surface area contributed by atoms with Crippen LogP contribution in [0.15, 0.2) is 85.2 Å². The maximum Gasteiger partial charge on any atom is 2.00 e. The molecule has 46 heavy (non-hydrogen) atoms. The summed E-state index contributed by atoms with van der Waals surface area (Å²) in [5, 5.41) is 0. The van der Waals surface area contributed by atoms with Crippen LogP contribution in [0, 0.1) is 0 Å². The molecular formula is C30H26N6O6P2V2. The van der Waals surface area contributed by atoms with Gasteiger partial charge in [-0.15, -0.1) is 0 Å². The van der Waals surface area contributed by atoms with Gasteiger partial charge in [0, 0.05) is 0 Å². The average molecular weight is 730 g/mol. The van der Waals surface area contributed by atoms with Crippen molar-refractivity contribution in [3.63, 3.8) is 0 Å². The third-order valence-electron chi connectivity index (χ3n) is 5.80. The van der Waals surface area contributed by atoms with Gasteiger partial charge in [0.05, 0.1) is 49.1 Å². The fraction of sp³-hybridized carbons (Fsp3) is 0.0667. The Bertz CT molecular complexity index is 1560. The number of nitrogens with zero attached hydrogens (tertiary/aromatic N) is 2. The van der Waals surface area contributed by atoms with E-state index in [1.165, 1.54) is 0 Å². The predicted octanol–water partition coefficient (Wildman–Crippen LogP) is 6.15. The van der Waals surface area contributed by atoms with E-state index in [9.17, 15) is 19.2 Å². The Balaban J connectivity index is 0.000000773. The van der Waals surface area contributed by atoms with Gasteiger partial charge in [0.1, 0.15) is 0 Å². The number of benzene rings is 3. The van der Waals surface area contributed by atoms with Crippen molar-refractivity contribution >= 4 is 52.5 Å². The Morgan fingerprint density at radius 2 is 0.826 bits per heavy atom. The van der Waals surface area contributed by atoms with Crippen molar-refractivity contribution < 1.29 is 65.8 Å². The van der Waals surface area contributed by atoms with E-state index in [1.54, 1.807) is 12.4 Å². The first-order chi connectivity index (χ1) is 21.3. The number of carbonyl (C=O) groups excluding carboxylic acids is 4. The van der Waals surface area contributed by atoms with Gasteiger partial charge in [-0.05, 0) is 33.4 Å². The minimum Gasteiger partial charge on any atom is -0.632 e. The molecular weight excluding hydrogens is 704 g/mol. The molecule has 232 valence electrons. The van der Waals surface area contributed by atoms with Gasteiger partial charge in [-0.3, -0.25) is 9.59 Å². The normalized spacial score (nSPS) is 9.96. The molecule has 0 saturated heterocycles. The van der Waals surface area contributed by atoms with Crippen LogP contribution >= 0.6 is 17.2 Å². The molecule has 5 rings (SSSR count). The molecule has 0 spiro atoms. The van der Waals surface area contributed by atoms with Gasteiger partial charge < -0.3 is 40.5 Å². The van der Waals surface area contributed by atoms with Gasteiger partial charge in [0.2, 0.25) is 12.2 Å². The SMILES string of the molecule is COC([NH-])=O.COC([NH-])=O.O=[C-]Pc1ncc(-c2ccc(-c3ccc(-c4ccc(-c5cnc(P[C-]=O)[nH]5)cc4)cc3)cc2)[nH]1.[V+2].[V+2]. The van der Waals surface area contributed by atoms with Crippen LogP contribution in [0.1, 0.15) is 0 Å². The van der Waals surface area contributed by atoms with E-state index in [0.29, 0.717) is 11.1 Å². The fourth-order valence-electron chi connectivity index (χ4n) is 3.70. The summed E-state index contributed by atoms with van der Waals surface area (Å²) >= 11 is 0. The fourth-order valence-corrected chi connectivity index (χ4v) is 4.55. The van der Waals surface area contributed by atoms with Gasteiger partial charge in [0.15, 0.2) is 0 Å². The Kier molecular flexibility index (Phi) is 18.2. The van der Waals surface area contributed by atoms with Crippen LogP contribution in [0.2, 0.25) is 0 Å². The summed E-state index contributed by atoms with van der Waals surface area (Å²) in [6, 6.07) is 28.7. The molecule has 12 nitrogen and oxygen atoms in total. The summed E-state index contributed by atoms with van der Waals surface area (Å²) in [7, 11) is 2.16. The molecule has 16 heteroatoms. The number of ether oxygens (including phenoxy) is 2. The van der Waals surface area contributed by atoms with Gasteiger partial charge in [-0.25, -0.2) is 22.0 Å². The van der Waals surface area contributed by atoms with Crippen molar-refractivity contribution in [1.29, 1.82) is 0 Å². The van der Waals surface area contributed by atoms with Crippen LogP contribution in [0.25, 0.3) is 56.2 Å². The molecule has 4 N–H and O–H groups in total. The second kappa shape index (κ2) is 20.9. The molecule has 0 aliphatic carbocycles. The zero-order chi connectivity index (χ0) is 31.9. The second-order valence-electron chi connectivity index (χ2n) is 8.46. The number of carbonyl (C=O) groups is 2. The van der Waals surface area contributed by atoms with E-state index in [1.807, 2.05) is 36.3 Å². The van der Waals surface area contributed by atoms with E-state index in [2.05, 4.69) is 77.9 Å². The quantitative estimate of drug-likeness (QED) is 0.140. The monoisotopic (exact) mass is 730 g/mol. The van der Waals surface area contributed by atoms with E-state index in [0.717, 1.165) is 59.0 Å². The number of methoxy groups -OCH3 is 2. The van der Waals surface area contributed by atoms with Crippen LogP contribution in [0.4, 0.5) is 9.59 Å². The maximum atomic E-state index is 10.5. The van der Waals surface area contributed by atoms with Crippen LogP contribution in [0.3, 0.4) is 0 Å². The Labute approximate surface area is 292 Å². The molecule has 5 aromatic rings. The van der Waals surface area contributed by atoms with Crippen molar-refractivity contribution in [3.05, 3.63) is 96.7 Å². The minimum absolute atomic E-state index is 0. The number of H-pyrrole nitrogens is 2. The van der Waals surface area contributed by atoms with E-state index in [-0.39, 0.29) is 54.3 Å². The summed E-state index contributed by atoms with van der Waals surface area (Å²) in [6.45, 7) is 0. The Hall–Kier alpha value is -4.01. The van der Waals surface area contributed by atoms with Crippen molar-refractivity contribution in [2.24, 2.45) is 0 Å². The van der Waals surface area contributed by atoms with Crippen molar-refractivity contribution in [2.75, 3.05) is 14.2 Å². The van der Waals surface area contributed by atoms with Crippen molar-refractivity contribution in [2.45, 2.75) is 0 Å². The second-order valence-corrected chi connectivity index (χ2v) is 10.3. The maximum absolute atomic E-state index is 10.5. The molecule has 2 atom stereocenters. The first kappa shape index (κ1) is 40.0. The van der Waals surface area contributed by atoms with Gasteiger partial charge in [0.25, 0.3) is 0 Å². The van der Waals surface area contributed by atoms with E-state index >= 15 is 0 Å². The molecule has 3 aromatic carbocycles. The number of rotatable bonds is 8. The topological polar surface area (TPSA) is 192 Å². The number of aromatic nitrogens is 4. The van der Waals surface area contributed by atoms with Crippen LogP contribution < -0.4 is 11.1 Å². The summed E-state index contributed by atoms with van der Waals surface area (Å²) in [5.41, 5.74) is 21.5. The van der Waals surface area contributed by atoms with Gasteiger partial charge >= 0.3 is 37.1 Å². The van der Waals surface area contributed by atoms with Crippen molar-refractivity contribution in [1.82, 2.24) is 19.9 Å². The number of hydrogen-bond acceptors (Lipinski definition) is 8. The van der Waals surface area contributed by atoms with Crippen molar-refractivity contribution in [3.8, 4) is 44.8 Å². The van der Waals surface area contributed by atoms with Gasteiger partial charge in [-0.2, -0.15) is 17.2 Å². The number of nitrogens with one attached hydrogen (secondary N) is 4. The minimum atomic E-state index is -0.995. The van der Waals surface area contributed by atoms with Crippen LogP contribution in [-0.2, 0) is 56.2 Å². The largest absolute Gasteiger partial charge is 2.00 e. The molecule has 0 aliphatic heterocycles. The molecule has 0 saturated carbocycles. The van der Waals surface area contributed by atoms with E-state index in [4.69, 9.17) is 11.5 Å². The Morgan fingerprint density at radius 1 is 0.587 bits per heavy atom. The zero-order valence-corrected chi connectivity index (χ0v) is 29.1. The van der Waals surface area contributed by atoms with Crippen LogP contribution in [0.5, 0.6) is 0 Å². The molecule has 0 fully saturated rings. The van der Waals surface area contributed by atoms with Crippen LogP contribution in [-0.4, -0.2) is 58.4 Å². The predicted molar refractivity (Wildman–Crippen MR) is 173 cm³/mol. The summed E-state index contributed by atoms with van der Waals surface area (Å²) in [6.07, 6.45) is 1.49. The molecule has 2 heterocycles. The number of amides is 2. The molecule has 0 aliphatic rings. The number of aromatic amines is 2. The molecule has 0 bridgehead atoms. The van der Waals surface area contributed by atoms with E-state index < -0.39 is 12.2 Å². The zero-order valence-electron chi connectivity index (χ0n) is 24.3. The Morgan fingerprint density at radius 3 is 1.04 bits per heavy atom. The summed E-state index contributed by atoms with van der Waals surface area (Å²) in [5.74, 6) is 0. The third kappa shape index (κ3) is 12.4. The summed E-state index contributed by atoms with van der Waals surface area (Å²) in [4.78, 5) is 54.3. The number of imidazole rings is 2. The first-order valence-electron chi connectivity index (χ1n) is 12.5. The molecule has 2 unspecified atom stereocenters. The smallest absolute Gasteiger partial charge is 0.632 e. The number of hydrogen-bond donors (Lipinski definition) is 2. The molecule has 2 aromatic heterocycles. The average Bonchev–Trinajstić information content (AvgIpc) is 3.72. The summed E-state index contributed by atoms with van der Waals surface area (Å²) < 4.78 is 7.56. The molecule has 2 amide bonds. The van der Waals surface area contributed by atoms with Gasteiger partial charge in [-0.1, -0.05) is 72.8 Å². The first-order valence-corrected chi connectivity index (χ1v) is 14.5.